The van der Waals surface area contributed by atoms with Gasteiger partial charge in [0.15, 0.2) is 5.65 Å². The molecule has 0 unspecified atom stereocenters. The van der Waals surface area contributed by atoms with Crippen molar-refractivity contribution in [3.05, 3.63) is 52.4 Å². The highest BCUT2D eigenvalue weighted by molar-refractivity contribution is 6.30. The van der Waals surface area contributed by atoms with E-state index < -0.39 is 5.82 Å². The summed E-state index contributed by atoms with van der Waals surface area (Å²) in [6, 6.07) is 6.47. The molecule has 0 atom stereocenters. The Labute approximate surface area is 120 Å². The maximum Gasteiger partial charge on any atom is 0.202 e. The molecule has 0 radical (unpaired) electrons. The maximum atomic E-state index is 13.2. The van der Waals surface area contributed by atoms with Gasteiger partial charge in [0, 0.05) is 6.20 Å². The Balaban J connectivity index is 2.08. The third-order valence-corrected chi connectivity index (χ3v) is 3.48. The van der Waals surface area contributed by atoms with Crippen LogP contribution in [0.5, 0.6) is 0 Å². The van der Waals surface area contributed by atoms with E-state index in [4.69, 9.17) is 17.3 Å². The second kappa shape index (κ2) is 4.76. The van der Waals surface area contributed by atoms with Gasteiger partial charge in [-0.2, -0.15) is 0 Å². The molecule has 3 rings (SSSR count). The van der Waals surface area contributed by atoms with Crippen molar-refractivity contribution in [1.29, 1.82) is 0 Å². The number of fused-ring (bicyclic) bond motifs is 1. The summed E-state index contributed by atoms with van der Waals surface area (Å²) in [5, 5.41) is 0.0923. The molecule has 0 bridgehead atoms. The molecule has 2 N–H and O–H groups in total. The first kappa shape index (κ1) is 12.9. The van der Waals surface area contributed by atoms with Crippen LogP contribution in [0.25, 0.3) is 11.2 Å². The molecule has 2 aromatic heterocycles. The van der Waals surface area contributed by atoms with E-state index in [0.717, 1.165) is 16.6 Å². The van der Waals surface area contributed by atoms with Gasteiger partial charge < -0.3 is 5.73 Å². The zero-order chi connectivity index (χ0) is 14.3. The smallest absolute Gasteiger partial charge is 0.202 e. The monoisotopic (exact) mass is 290 g/mol. The van der Waals surface area contributed by atoms with E-state index in [-0.39, 0.29) is 5.02 Å². The van der Waals surface area contributed by atoms with Gasteiger partial charge in [0.25, 0.3) is 0 Å². The topological polar surface area (TPSA) is 56.7 Å². The zero-order valence-corrected chi connectivity index (χ0v) is 11.5. The molecular weight excluding hydrogens is 279 g/mol. The third kappa shape index (κ3) is 2.10. The van der Waals surface area contributed by atoms with Crippen molar-refractivity contribution in [3.63, 3.8) is 0 Å². The van der Waals surface area contributed by atoms with Crippen molar-refractivity contribution in [3.8, 4) is 0 Å². The predicted octanol–water partition coefficient (Wildman–Crippen LogP) is 3.16. The van der Waals surface area contributed by atoms with E-state index in [9.17, 15) is 4.39 Å². The van der Waals surface area contributed by atoms with Gasteiger partial charge >= 0.3 is 0 Å². The van der Waals surface area contributed by atoms with Gasteiger partial charge in [0.1, 0.15) is 11.3 Å². The number of nitrogens with two attached hydrogens (primary N) is 1. The first-order chi connectivity index (χ1) is 9.56. The van der Waals surface area contributed by atoms with E-state index in [1.807, 2.05) is 13.0 Å². The van der Waals surface area contributed by atoms with E-state index in [2.05, 4.69) is 9.97 Å². The molecule has 0 amide bonds. The van der Waals surface area contributed by atoms with Crippen LogP contribution in [0.4, 0.5) is 10.3 Å². The Morgan fingerprint density at radius 2 is 2.15 bits per heavy atom. The van der Waals surface area contributed by atoms with Crippen molar-refractivity contribution in [2.45, 2.75) is 13.5 Å². The molecule has 4 nitrogen and oxygen atoms in total. The van der Waals surface area contributed by atoms with Crippen molar-refractivity contribution < 1.29 is 4.39 Å². The molecule has 0 aliphatic rings. The van der Waals surface area contributed by atoms with E-state index in [0.29, 0.717) is 18.1 Å². The van der Waals surface area contributed by atoms with E-state index in [1.54, 1.807) is 22.9 Å². The fourth-order valence-electron chi connectivity index (χ4n) is 2.13. The van der Waals surface area contributed by atoms with E-state index in [1.165, 1.54) is 6.07 Å². The lowest BCUT2D eigenvalue weighted by molar-refractivity contribution is 0.627. The largest absolute Gasteiger partial charge is 0.369 e. The number of imidazole rings is 1. The number of rotatable bonds is 2. The molecule has 0 aliphatic heterocycles. The van der Waals surface area contributed by atoms with Crippen molar-refractivity contribution >= 4 is 28.7 Å². The number of hydrogen-bond donors (Lipinski definition) is 1. The summed E-state index contributed by atoms with van der Waals surface area (Å²) in [6.07, 6.45) is 1.72. The molecule has 0 fully saturated rings. The average Bonchev–Trinajstić information content (AvgIpc) is 2.73. The van der Waals surface area contributed by atoms with Crippen LogP contribution in [0.15, 0.2) is 30.5 Å². The summed E-state index contributed by atoms with van der Waals surface area (Å²) >= 11 is 5.79. The third-order valence-electron chi connectivity index (χ3n) is 3.19. The molecule has 0 saturated heterocycles. The Morgan fingerprint density at radius 3 is 2.90 bits per heavy atom. The van der Waals surface area contributed by atoms with Gasteiger partial charge in [0.2, 0.25) is 5.95 Å². The van der Waals surface area contributed by atoms with Crippen molar-refractivity contribution in [2.24, 2.45) is 0 Å². The van der Waals surface area contributed by atoms with E-state index >= 15 is 0 Å². The standard InChI is InChI=1S/C14H12ClFN4/c1-8-4-5-18-13-12(8)19-14(17)20(13)7-9-2-3-11(16)10(15)6-9/h2-6H,7H2,1H3,(H2,17,19). The Morgan fingerprint density at radius 1 is 1.35 bits per heavy atom. The number of benzene rings is 1. The molecule has 102 valence electrons. The number of aromatic nitrogens is 3. The van der Waals surface area contributed by atoms with Crippen molar-refractivity contribution in [1.82, 2.24) is 14.5 Å². The minimum absolute atomic E-state index is 0.0923. The van der Waals surface area contributed by atoms with Gasteiger partial charge in [-0.3, -0.25) is 4.57 Å². The van der Waals surface area contributed by atoms with Crippen LogP contribution >= 0.6 is 11.6 Å². The second-order valence-electron chi connectivity index (χ2n) is 4.60. The van der Waals surface area contributed by atoms with Crippen LogP contribution in [-0.2, 0) is 6.54 Å². The highest BCUT2D eigenvalue weighted by Crippen LogP contribution is 2.22. The number of hydrogen-bond acceptors (Lipinski definition) is 3. The SMILES string of the molecule is Cc1ccnc2c1nc(N)n2Cc1ccc(F)c(Cl)c1. The van der Waals surface area contributed by atoms with Crippen molar-refractivity contribution in [2.75, 3.05) is 5.73 Å². The normalized spacial score (nSPS) is 11.2. The first-order valence-corrected chi connectivity index (χ1v) is 6.45. The Kier molecular flexibility index (Phi) is 3.06. The highest BCUT2D eigenvalue weighted by Gasteiger charge is 2.12. The van der Waals surface area contributed by atoms with Gasteiger partial charge in [-0.05, 0) is 36.2 Å². The summed E-state index contributed by atoms with van der Waals surface area (Å²) in [7, 11) is 0. The highest BCUT2D eigenvalue weighted by atomic mass is 35.5. The molecule has 3 aromatic rings. The van der Waals surface area contributed by atoms with Crippen LogP contribution in [-0.4, -0.2) is 14.5 Å². The lowest BCUT2D eigenvalue weighted by atomic mass is 10.2. The summed E-state index contributed by atoms with van der Waals surface area (Å²) in [5.74, 6) is -0.0601. The predicted molar refractivity (Wildman–Crippen MR) is 77.2 cm³/mol. The first-order valence-electron chi connectivity index (χ1n) is 6.07. The summed E-state index contributed by atoms with van der Waals surface area (Å²) in [6.45, 7) is 2.40. The quantitative estimate of drug-likeness (QED) is 0.789. The molecule has 0 saturated carbocycles. The average molecular weight is 291 g/mol. The second-order valence-corrected chi connectivity index (χ2v) is 5.01. The van der Waals surface area contributed by atoms with Gasteiger partial charge in [0.05, 0.1) is 11.6 Å². The number of pyridine rings is 1. The van der Waals surface area contributed by atoms with Crippen LogP contribution in [0.1, 0.15) is 11.1 Å². The van der Waals surface area contributed by atoms with Gasteiger partial charge in [-0.1, -0.05) is 17.7 Å². The summed E-state index contributed by atoms with van der Waals surface area (Å²) in [4.78, 5) is 8.63. The van der Waals surface area contributed by atoms with Crippen LogP contribution in [0, 0.1) is 12.7 Å². The van der Waals surface area contributed by atoms with Crippen LogP contribution in [0.2, 0.25) is 5.02 Å². The number of anilines is 1. The molecule has 20 heavy (non-hydrogen) atoms. The molecule has 0 spiro atoms. The summed E-state index contributed by atoms with van der Waals surface area (Å²) in [5.41, 5.74) is 9.28. The maximum absolute atomic E-state index is 13.2. The summed E-state index contributed by atoms with van der Waals surface area (Å²) < 4.78 is 15.0. The van der Waals surface area contributed by atoms with Crippen LogP contribution < -0.4 is 5.73 Å². The Bertz CT molecular complexity index is 797. The number of nitrogens with zero attached hydrogens (tertiary/aromatic N) is 3. The number of halogens is 2. The minimum Gasteiger partial charge on any atom is -0.369 e. The lowest BCUT2D eigenvalue weighted by Crippen LogP contribution is -2.05. The lowest BCUT2D eigenvalue weighted by Gasteiger charge is -2.07. The molecule has 6 heteroatoms. The number of aryl methyl sites for hydroxylation is 1. The minimum atomic E-state index is -0.437. The fraction of sp³-hybridized carbons (Fsp3) is 0.143. The molecule has 1 aromatic carbocycles. The fourth-order valence-corrected chi connectivity index (χ4v) is 2.33. The molecular formula is C14H12ClFN4. The van der Waals surface area contributed by atoms with Gasteiger partial charge in [-0.15, -0.1) is 0 Å². The molecule has 2 heterocycles. The van der Waals surface area contributed by atoms with Crippen LogP contribution in [0.3, 0.4) is 0 Å². The molecule has 0 aliphatic carbocycles. The Hall–Kier alpha value is -2.14. The zero-order valence-electron chi connectivity index (χ0n) is 10.8. The number of nitrogen functional groups attached to an aromatic ring is 1. The van der Waals surface area contributed by atoms with Gasteiger partial charge in [-0.25, -0.2) is 14.4 Å².